The molecule has 1 heterocycles. The zero-order valence-electron chi connectivity index (χ0n) is 11.9. The van der Waals surface area contributed by atoms with Crippen LogP contribution < -0.4 is 10.6 Å². The van der Waals surface area contributed by atoms with Crippen LogP contribution in [-0.2, 0) is 14.3 Å². The van der Waals surface area contributed by atoms with Gasteiger partial charge in [0.15, 0.2) is 0 Å². The zero-order chi connectivity index (χ0) is 17.8. The molecule has 0 saturated heterocycles. The molecule has 1 aromatic rings. The van der Waals surface area contributed by atoms with Crippen molar-refractivity contribution in [1.29, 1.82) is 0 Å². The van der Waals surface area contributed by atoms with Crippen LogP contribution in [0.2, 0.25) is 10.0 Å². The number of carbonyl (C=O) groups excluding carboxylic acids is 2. The van der Waals surface area contributed by atoms with Gasteiger partial charge in [-0.3, -0.25) is 4.79 Å². The number of nitrogens with one attached hydrogen (secondary N) is 2. The van der Waals surface area contributed by atoms with E-state index in [2.05, 4.69) is 9.72 Å². The fraction of sp³-hybridized carbons (Fsp3) is 0.417. The Hall–Kier alpha value is -1.74. The summed E-state index contributed by atoms with van der Waals surface area (Å²) in [6, 6.07) is 1.12. The van der Waals surface area contributed by atoms with Crippen molar-refractivity contribution >= 4 is 40.9 Å². The number of ether oxygens (including phenoxy) is 1. The second kappa shape index (κ2) is 7.22. The van der Waals surface area contributed by atoms with E-state index in [1.54, 1.807) is 5.32 Å². The molecule has 0 fully saturated rings. The molecule has 0 aliphatic rings. The lowest BCUT2D eigenvalue weighted by atomic mass is 10.1. The van der Waals surface area contributed by atoms with Crippen LogP contribution in [0, 0.1) is 0 Å². The molecule has 1 atom stereocenters. The van der Waals surface area contributed by atoms with Gasteiger partial charge >= 0.3 is 17.8 Å². The minimum Gasteiger partial charge on any atom is -0.466 e. The van der Waals surface area contributed by atoms with Crippen molar-refractivity contribution in [3.8, 4) is 0 Å². The van der Waals surface area contributed by atoms with E-state index in [-0.39, 0.29) is 16.5 Å². The molecule has 128 valence electrons. The Morgan fingerprint density at radius 2 is 1.96 bits per heavy atom. The SMILES string of the molecule is CCC(=O)NC(Nc1ncc(Cl)cc1Cl)(C(=O)OC)C(F)(F)F. The van der Waals surface area contributed by atoms with Crippen molar-refractivity contribution in [2.75, 3.05) is 12.4 Å². The monoisotopic (exact) mass is 373 g/mol. The second-order valence-electron chi connectivity index (χ2n) is 4.25. The average molecular weight is 374 g/mol. The molecule has 0 saturated carbocycles. The molecule has 1 aromatic heterocycles. The lowest BCUT2D eigenvalue weighted by Gasteiger charge is -2.34. The first-order valence-corrected chi connectivity index (χ1v) is 6.88. The van der Waals surface area contributed by atoms with Crippen molar-refractivity contribution in [2.24, 2.45) is 0 Å². The number of methoxy groups -OCH3 is 1. The van der Waals surface area contributed by atoms with E-state index < -0.39 is 29.5 Å². The standard InChI is InChI=1S/C12H12Cl2F3N3O3/c1-3-8(21)19-11(10(22)23-2,12(15,16)17)20-9-7(14)4-6(13)5-18-9/h4-5H,3H2,1-2H3,(H,18,20)(H,19,21). The van der Waals surface area contributed by atoms with Crippen molar-refractivity contribution in [2.45, 2.75) is 25.2 Å². The molecule has 6 nitrogen and oxygen atoms in total. The molecule has 0 aliphatic carbocycles. The van der Waals surface area contributed by atoms with Crippen molar-refractivity contribution in [1.82, 2.24) is 10.3 Å². The number of aromatic nitrogens is 1. The summed E-state index contributed by atoms with van der Waals surface area (Å²) in [5.74, 6) is -3.32. The lowest BCUT2D eigenvalue weighted by molar-refractivity contribution is -0.206. The first-order valence-electron chi connectivity index (χ1n) is 6.12. The number of pyridine rings is 1. The molecule has 0 radical (unpaired) electrons. The molecule has 2 N–H and O–H groups in total. The molecule has 0 aromatic carbocycles. The Morgan fingerprint density at radius 3 is 2.39 bits per heavy atom. The highest BCUT2D eigenvalue weighted by molar-refractivity contribution is 6.36. The van der Waals surface area contributed by atoms with Crippen LogP contribution in [0.1, 0.15) is 13.3 Å². The van der Waals surface area contributed by atoms with E-state index in [1.165, 1.54) is 6.92 Å². The van der Waals surface area contributed by atoms with Crippen LogP contribution in [-0.4, -0.2) is 35.8 Å². The van der Waals surface area contributed by atoms with Crippen molar-refractivity contribution in [3.05, 3.63) is 22.3 Å². The molecule has 0 aliphatic heterocycles. The number of carbonyl (C=O) groups is 2. The molecular formula is C12H12Cl2F3N3O3. The Morgan fingerprint density at radius 1 is 1.35 bits per heavy atom. The minimum atomic E-state index is -5.24. The highest BCUT2D eigenvalue weighted by atomic mass is 35.5. The third kappa shape index (κ3) is 4.17. The maximum absolute atomic E-state index is 13.5. The fourth-order valence-corrected chi connectivity index (χ4v) is 1.95. The van der Waals surface area contributed by atoms with Crippen molar-refractivity contribution < 1.29 is 27.5 Å². The van der Waals surface area contributed by atoms with Gasteiger partial charge in [-0.05, 0) is 6.07 Å². The quantitative estimate of drug-likeness (QED) is 0.612. The maximum atomic E-state index is 13.5. The van der Waals surface area contributed by atoms with E-state index in [1.807, 2.05) is 5.32 Å². The van der Waals surface area contributed by atoms with Gasteiger partial charge in [-0.1, -0.05) is 30.1 Å². The summed E-state index contributed by atoms with van der Waals surface area (Å²) in [5, 5.41) is 3.19. The topological polar surface area (TPSA) is 80.3 Å². The largest absolute Gasteiger partial charge is 0.466 e. The van der Waals surface area contributed by atoms with Crippen LogP contribution in [0.15, 0.2) is 12.3 Å². The highest BCUT2D eigenvalue weighted by Gasteiger charge is 2.63. The number of hydrogen-bond acceptors (Lipinski definition) is 5. The minimum absolute atomic E-state index is 0.0776. The van der Waals surface area contributed by atoms with Gasteiger partial charge in [-0.15, -0.1) is 0 Å². The zero-order valence-corrected chi connectivity index (χ0v) is 13.4. The molecule has 11 heteroatoms. The van der Waals surface area contributed by atoms with Gasteiger partial charge in [0.05, 0.1) is 17.2 Å². The van der Waals surface area contributed by atoms with Crippen LogP contribution >= 0.6 is 23.2 Å². The summed E-state index contributed by atoms with van der Waals surface area (Å²) in [4.78, 5) is 26.9. The molecule has 1 rings (SSSR count). The predicted molar refractivity (Wildman–Crippen MR) is 77.1 cm³/mol. The van der Waals surface area contributed by atoms with Crippen LogP contribution in [0.25, 0.3) is 0 Å². The number of hydrogen-bond donors (Lipinski definition) is 2. The van der Waals surface area contributed by atoms with E-state index >= 15 is 0 Å². The van der Waals surface area contributed by atoms with Crippen LogP contribution in [0.3, 0.4) is 0 Å². The van der Waals surface area contributed by atoms with E-state index in [0.717, 1.165) is 19.4 Å². The van der Waals surface area contributed by atoms with Gasteiger partial charge in [0.25, 0.3) is 0 Å². The summed E-state index contributed by atoms with van der Waals surface area (Å²) < 4.78 is 44.8. The summed E-state index contributed by atoms with van der Waals surface area (Å²) in [7, 11) is 0.750. The van der Waals surface area contributed by atoms with Crippen LogP contribution in [0.4, 0.5) is 19.0 Å². The summed E-state index contributed by atoms with van der Waals surface area (Å²) in [5.41, 5.74) is -3.54. The average Bonchev–Trinajstić information content (AvgIpc) is 2.46. The third-order valence-corrected chi connectivity index (χ3v) is 3.17. The van der Waals surface area contributed by atoms with Gasteiger partial charge in [-0.25, -0.2) is 9.78 Å². The Kier molecular flexibility index (Phi) is 6.06. The number of nitrogens with zero attached hydrogens (tertiary/aromatic N) is 1. The van der Waals surface area contributed by atoms with Gasteiger partial charge in [0.1, 0.15) is 5.82 Å². The number of anilines is 1. The normalized spacial score (nSPS) is 13.9. The molecule has 23 heavy (non-hydrogen) atoms. The number of amides is 1. The Labute approximate surface area is 139 Å². The predicted octanol–water partition coefficient (Wildman–Crippen LogP) is 2.76. The van der Waals surface area contributed by atoms with Gasteiger partial charge < -0.3 is 15.4 Å². The molecule has 1 unspecified atom stereocenters. The van der Waals surface area contributed by atoms with Gasteiger partial charge in [-0.2, -0.15) is 13.2 Å². The van der Waals surface area contributed by atoms with Crippen LogP contribution in [0.5, 0.6) is 0 Å². The highest BCUT2D eigenvalue weighted by Crippen LogP contribution is 2.35. The fourth-order valence-electron chi connectivity index (χ4n) is 1.53. The molecular weight excluding hydrogens is 362 g/mol. The molecule has 1 amide bonds. The second-order valence-corrected chi connectivity index (χ2v) is 5.09. The third-order valence-electron chi connectivity index (χ3n) is 2.68. The van der Waals surface area contributed by atoms with E-state index in [0.29, 0.717) is 0 Å². The molecule has 0 spiro atoms. The summed E-state index contributed by atoms with van der Waals surface area (Å²) in [6.07, 6.45) is -4.51. The summed E-state index contributed by atoms with van der Waals surface area (Å²) in [6.45, 7) is 1.32. The maximum Gasteiger partial charge on any atom is 0.441 e. The first-order chi connectivity index (χ1) is 10.6. The van der Waals surface area contributed by atoms with E-state index in [9.17, 15) is 22.8 Å². The van der Waals surface area contributed by atoms with E-state index in [4.69, 9.17) is 23.2 Å². The smallest absolute Gasteiger partial charge is 0.441 e. The molecule has 0 bridgehead atoms. The van der Waals surface area contributed by atoms with Gasteiger partial charge in [0.2, 0.25) is 5.91 Å². The Balaban J connectivity index is 3.42. The number of esters is 1. The number of alkyl halides is 3. The number of halogens is 5. The Bertz CT molecular complexity index is 613. The number of rotatable bonds is 5. The summed E-state index contributed by atoms with van der Waals surface area (Å²) >= 11 is 11.4. The lowest BCUT2D eigenvalue weighted by Crippen LogP contribution is -2.69. The van der Waals surface area contributed by atoms with Gasteiger partial charge in [0, 0.05) is 12.6 Å². The van der Waals surface area contributed by atoms with Crippen molar-refractivity contribution in [3.63, 3.8) is 0 Å². The first kappa shape index (κ1) is 19.3.